The van der Waals surface area contributed by atoms with Gasteiger partial charge >= 0.3 is 0 Å². The molecule has 1 aliphatic rings. The third kappa shape index (κ3) is 2.20. The summed E-state index contributed by atoms with van der Waals surface area (Å²) < 4.78 is 13.7. The highest BCUT2D eigenvalue weighted by Gasteiger charge is 2.19. The molecule has 86 valence electrons. The number of carbonyl (C=O) groups excluding carboxylic acids is 1. The molecule has 1 heterocycles. The normalized spacial score (nSPS) is 16.6. The molecule has 0 amide bonds. The fourth-order valence-corrected chi connectivity index (χ4v) is 1.86. The summed E-state index contributed by atoms with van der Waals surface area (Å²) in [6.07, 6.45) is 0.959. The highest BCUT2D eigenvalue weighted by Crippen LogP contribution is 2.23. The minimum Gasteiger partial charge on any atom is -0.368 e. The third-order valence-corrected chi connectivity index (χ3v) is 2.78. The minimum absolute atomic E-state index is 0.233. The summed E-state index contributed by atoms with van der Waals surface area (Å²) in [7, 11) is 0. The molecule has 16 heavy (non-hydrogen) atoms. The Balaban J connectivity index is 2.17. The van der Waals surface area contributed by atoms with Gasteiger partial charge in [0.1, 0.15) is 5.78 Å². The van der Waals surface area contributed by atoms with Crippen molar-refractivity contribution in [3.05, 3.63) is 24.0 Å². The van der Waals surface area contributed by atoms with Crippen molar-refractivity contribution in [1.29, 1.82) is 0 Å². The van der Waals surface area contributed by atoms with Crippen LogP contribution in [-0.4, -0.2) is 24.1 Å². The van der Waals surface area contributed by atoms with Crippen LogP contribution in [0, 0.1) is 5.82 Å². The van der Waals surface area contributed by atoms with Crippen molar-refractivity contribution < 1.29 is 19.9 Å². The summed E-state index contributed by atoms with van der Waals surface area (Å²) >= 11 is 0. The Bertz CT molecular complexity index is 399. The lowest BCUT2D eigenvalue weighted by atomic mass is 10.1. The Labute approximate surface area is 92.6 Å². The number of ketones is 1. The number of hydrogen-bond donors (Lipinski definition) is 2. The van der Waals surface area contributed by atoms with Crippen LogP contribution in [0.3, 0.4) is 0 Å². The molecule has 0 saturated carbocycles. The summed E-state index contributed by atoms with van der Waals surface area (Å²) in [6.45, 7) is 1.13. The number of anilines is 1. The number of rotatable bonds is 2. The van der Waals surface area contributed by atoms with Gasteiger partial charge in [0.2, 0.25) is 0 Å². The summed E-state index contributed by atoms with van der Waals surface area (Å²) in [4.78, 5) is 12.9. The van der Waals surface area contributed by atoms with Gasteiger partial charge in [0.25, 0.3) is 0 Å². The van der Waals surface area contributed by atoms with Gasteiger partial charge in [-0.15, -0.1) is 0 Å². The van der Waals surface area contributed by atoms with E-state index in [-0.39, 0.29) is 11.6 Å². The number of quaternary nitrogens is 1. The van der Waals surface area contributed by atoms with Crippen LogP contribution in [0.4, 0.5) is 15.8 Å². The largest absolute Gasteiger partial charge is 0.368 e. The molecule has 1 aromatic rings. The van der Waals surface area contributed by atoms with Crippen LogP contribution >= 0.6 is 0 Å². The lowest BCUT2D eigenvalue weighted by Gasteiger charge is -2.28. The molecular weight excluding hydrogens is 211 g/mol. The standard InChI is InChI=1S/C11H13FN2O2/c12-10-7-8(13-16)1-2-11(10)14-5-3-9(15)4-6-14/h1-2,7,13,16H,3-6H2/p+1. The maximum Gasteiger partial charge on any atom is 0.164 e. The van der Waals surface area contributed by atoms with Crippen LogP contribution in [0.2, 0.25) is 0 Å². The molecule has 1 aromatic carbocycles. The molecule has 0 radical (unpaired) electrons. The second-order valence-electron chi connectivity index (χ2n) is 3.87. The Morgan fingerprint density at radius 2 is 2.00 bits per heavy atom. The predicted molar refractivity (Wildman–Crippen MR) is 56.2 cm³/mol. The van der Waals surface area contributed by atoms with Crippen molar-refractivity contribution in [3.63, 3.8) is 0 Å². The van der Waals surface area contributed by atoms with Gasteiger partial charge in [-0.05, 0) is 6.07 Å². The summed E-state index contributed by atoms with van der Waals surface area (Å²) in [6, 6.07) is 4.56. The lowest BCUT2D eigenvalue weighted by molar-refractivity contribution is -0.825. The van der Waals surface area contributed by atoms with E-state index in [1.807, 2.05) is 4.90 Å². The topological polar surface area (TPSA) is 57.2 Å². The lowest BCUT2D eigenvalue weighted by Crippen LogP contribution is -2.73. The zero-order chi connectivity index (χ0) is 11.5. The van der Waals surface area contributed by atoms with Crippen molar-refractivity contribution in [1.82, 2.24) is 0 Å². The van der Waals surface area contributed by atoms with Gasteiger partial charge in [0.05, 0.1) is 5.69 Å². The molecule has 3 N–H and O–H groups in total. The maximum atomic E-state index is 13.7. The average molecular weight is 225 g/mol. The number of carbonyl (C=O) groups is 1. The summed E-state index contributed by atoms with van der Waals surface area (Å²) in [5.41, 5.74) is 1.81. The third-order valence-electron chi connectivity index (χ3n) is 2.78. The molecule has 1 saturated heterocycles. The molecule has 1 aliphatic heterocycles. The molecule has 2 rings (SSSR count). The van der Waals surface area contributed by atoms with E-state index in [1.54, 1.807) is 12.1 Å². The SMILES string of the molecule is O=C1CCN(c2ccc([NH2+]O)cc2F)CC1. The smallest absolute Gasteiger partial charge is 0.164 e. The second kappa shape index (κ2) is 4.59. The number of Topliss-reactive ketones (excluding diaryl/α,β-unsaturated/α-hetero) is 1. The van der Waals surface area contributed by atoms with Crippen molar-refractivity contribution >= 4 is 17.2 Å². The Morgan fingerprint density at radius 1 is 1.31 bits per heavy atom. The van der Waals surface area contributed by atoms with Crippen molar-refractivity contribution in [2.75, 3.05) is 18.0 Å². The average Bonchev–Trinajstić information content (AvgIpc) is 2.30. The van der Waals surface area contributed by atoms with Crippen molar-refractivity contribution in [2.45, 2.75) is 12.8 Å². The maximum absolute atomic E-state index is 13.7. The first-order valence-corrected chi connectivity index (χ1v) is 5.24. The second-order valence-corrected chi connectivity index (χ2v) is 3.87. The monoisotopic (exact) mass is 225 g/mol. The number of nitrogens with two attached hydrogens (primary N) is 1. The van der Waals surface area contributed by atoms with Gasteiger partial charge in [0.15, 0.2) is 11.5 Å². The van der Waals surface area contributed by atoms with Gasteiger partial charge < -0.3 is 4.90 Å². The van der Waals surface area contributed by atoms with Gasteiger partial charge in [-0.1, -0.05) is 0 Å². The van der Waals surface area contributed by atoms with Crippen LogP contribution in [0.15, 0.2) is 18.2 Å². The number of halogens is 1. The molecule has 0 aromatic heterocycles. The van der Waals surface area contributed by atoms with Gasteiger partial charge in [-0.25, -0.2) is 9.60 Å². The van der Waals surface area contributed by atoms with Gasteiger partial charge in [0, 0.05) is 38.1 Å². The van der Waals surface area contributed by atoms with Gasteiger partial charge in [-0.3, -0.25) is 4.79 Å². The van der Waals surface area contributed by atoms with Crippen molar-refractivity contribution in [2.24, 2.45) is 0 Å². The minimum atomic E-state index is -0.364. The highest BCUT2D eigenvalue weighted by atomic mass is 19.1. The van der Waals surface area contributed by atoms with E-state index < -0.39 is 0 Å². The van der Waals surface area contributed by atoms with E-state index in [0.29, 0.717) is 37.3 Å². The fraction of sp³-hybridized carbons (Fsp3) is 0.364. The van der Waals surface area contributed by atoms with E-state index in [4.69, 9.17) is 5.21 Å². The zero-order valence-electron chi connectivity index (χ0n) is 8.82. The van der Waals surface area contributed by atoms with Gasteiger partial charge in [-0.2, -0.15) is 5.48 Å². The number of benzene rings is 1. The predicted octanol–water partition coefficient (Wildman–Crippen LogP) is 0.579. The van der Waals surface area contributed by atoms with E-state index in [2.05, 4.69) is 0 Å². The molecule has 5 heteroatoms. The molecule has 0 unspecified atom stereocenters. The summed E-state index contributed by atoms with van der Waals surface area (Å²) in [5.74, 6) is -0.130. The van der Waals surface area contributed by atoms with Crippen molar-refractivity contribution in [3.8, 4) is 0 Å². The first-order valence-electron chi connectivity index (χ1n) is 5.24. The molecule has 0 bridgehead atoms. The molecule has 0 spiro atoms. The van der Waals surface area contributed by atoms with Crippen LogP contribution in [-0.2, 0) is 4.79 Å². The highest BCUT2D eigenvalue weighted by molar-refractivity contribution is 5.81. The number of hydrogen-bond acceptors (Lipinski definition) is 3. The van der Waals surface area contributed by atoms with E-state index in [1.165, 1.54) is 6.07 Å². The quantitative estimate of drug-likeness (QED) is 0.572. The molecule has 4 nitrogen and oxygen atoms in total. The van der Waals surface area contributed by atoms with E-state index in [0.717, 1.165) is 5.48 Å². The van der Waals surface area contributed by atoms with Crippen LogP contribution < -0.4 is 10.4 Å². The molecule has 1 fully saturated rings. The number of piperidine rings is 1. The Morgan fingerprint density at radius 3 is 2.56 bits per heavy atom. The first-order chi connectivity index (χ1) is 7.70. The number of nitrogens with zero attached hydrogens (tertiary/aromatic N) is 1. The Hall–Kier alpha value is -1.46. The molecule has 0 aliphatic carbocycles. The molecular formula is C11H14FN2O2+. The van der Waals surface area contributed by atoms with E-state index >= 15 is 0 Å². The summed E-state index contributed by atoms with van der Waals surface area (Å²) in [5, 5.41) is 8.75. The first kappa shape index (κ1) is 11.0. The zero-order valence-corrected chi connectivity index (χ0v) is 8.82. The van der Waals surface area contributed by atoms with Crippen LogP contribution in [0.1, 0.15) is 12.8 Å². The van der Waals surface area contributed by atoms with Crippen LogP contribution in [0.25, 0.3) is 0 Å². The van der Waals surface area contributed by atoms with E-state index in [9.17, 15) is 9.18 Å². The van der Waals surface area contributed by atoms with Crippen LogP contribution in [0.5, 0.6) is 0 Å². The molecule has 0 atom stereocenters. The fourth-order valence-electron chi connectivity index (χ4n) is 1.86. The Kier molecular flexibility index (Phi) is 3.17.